The summed E-state index contributed by atoms with van der Waals surface area (Å²) in [5.41, 5.74) is -0.555. The minimum atomic E-state index is -4.53. The first-order chi connectivity index (χ1) is 17.1. The highest BCUT2D eigenvalue weighted by Gasteiger charge is 2.53. The molecular weight excluding hydrogens is 485 g/mol. The fourth-order valence-corrected chi connectivity index (χ4v) is 5.53. The number of hydrogen-bond acceptors (Lipinski definition) is 6. The number of carbonyl (C=O) groups is 1. The summed E-state index contributed by atoms with van der Waals surface area (Å²) in [4.78, 5) is 29.4. The standard InChI is InChI=1S/C23H24F5N7O/c1-2-16-22(10-20(36)35(16)18-9-14(3-6-29-18)23(26,27)28)4-7-33(8-5-22)19-12-30-15-11-31-34(13-17(24)25)21(15)32-19/h3,6,9,11-12,16-17H,2,4-5,7-8,10,13H2,1H3. The molecule has 3 aromatic rings. The van der Waals surface area contributed by atoms with Crippen molar-refractivity contribution in [2.45, 2.75) is 57.8 Å². The third-order valence-electron chi connectivity index (χ3n) is 7.22. The van der Waals surface area contributed by atoms with Crippen LogP contribution in [0.4, 0.5) is 33.6 Å². The third-order valence-corrected chi connectivity index (χ3v) is 7.22. The number of carbonyl (C=O) groups excluding carboxylic acids is 1. The number of anilines is 2. The van der Waals surface area contributed by atoms with Crippen LogP contribution in [0.2, 0.25) is 0 Å². The molecule has 2 fully saturated rings. The van der Waals surface area contributed by atoms with Gasteiger partial charge in [0.25, 0.3) is 6.43 Å². The van der Waals surface area contributed by atoms with Gasteiger partial charge in [-0.05, 0) is 31.4 Å². The number of nitrogens with zero attached hydrogens (tertiary/aromatic N) is 7. The van der Waals surface area contributed by atoms with E-state index in [0.29, 0.717) is 43.7 Å². The Labute approximate surface area is 203 Å². The van der Waals surface area contributed by atoms with Crippen molar-refractivity contribution in [2.75, 3.05) is 22.9 Å². The maximum absolute atomic E-state index is 13.3. The van der Waals surface area contributed by atoms with Crippen molar-refractivity contribution in [2.24, 2.45) is 5.41 Å². The highest BCUT2D eigenvalue weighted by Crippen LogP contribution is 2.49. The lowest BCUT2D eigenvalue weighted by Crippen LogP contribution is -2.47. The van der Waals surface area contributed by atoms with Gasteiger partial charge in [0.2, 0.25) is 5.91 Å². The molecule has 3 aromatic heterocycles. The monoisotopic (exact) mass is 509 g/mol. The van der Waals surface area contributed by atoms with Gasteiger partial charge in [-0.25, -0.2) is 28.4 Å². The second kappa shape index (κ2) is 8.93. The van der Waals surface area contributed by atoms with E-state index in [2.05, 4.69) is 20.1 Å². The number of hydrogen-bond donors (Lipinski definition) is 0. The predicted molar refractivity (Wildman–Crippen MR) is 121 cm³/mol. The van der Waals surface area contributed by atoms with Crippen LogP contribution in [-0.2, 0) is 17.5 Å². The smallest absolute Gasteiger partial charge is 0.355 e. The number of fused-ring (bicyclic) bond motifs is 1. The number of pyridine rings is 1. The molecule has 1 unspecified atom stereocenters. The molecule has 5 rings (SSSR count). The van der Waals surface area contributed by atoms with Gasteiger partial charge in [0.15, 0.2) is 5.65 Å². The van der Waals surface area contributed by atoms with E-state index in [1.807, 2.05) is 11.8 Å². The minimum absolute atomic E-state index is 0.0181. The summed E-state index contributed by atoms with van der Waals surface area (Å²) in [6.45, 7) is 2.42. The molecular formula is C23H24F5N7O. The second-order valence-corrected chi connectivity index (χ2v) is 9.27. The number of piperidine rings is 1. The Morgan fingerprint density at radius 1 is 1.14 bits per heavy atom. The molecule has 0 N–H and O–H groups in total. The molecule has 36 heavy (non-hydrogen) atoms. The van der Waals surface area contributed by atoms with Gasteiger partial charge in [0.1, 0.15) is 23.7 Å². The topological polar surface area (TPSA) is 80.0 Å². The lowest BCUT2D eigenvalue weighted by molar-refractivity contribution is -0.137. The Balaban J connectivity index is 1.36. The van der Waals surface area contributed by atoms with Crippen molar-refractivity contribution >= 4 is 28.7 Å². The summed E-state index contributed by atoms with van der Waals surface area (Å²) in [7, 11) is 0. The van der Waals surface area contributed by atoms with Crippen molar-refractivity contribution in [3.8, 4) is 0 Å². The summed E-state index contributed by atoms with van der Waals surface area (Å²) in [5, 5.41) is 3.94. The average molecular weight is 509 g/mol. The maximum Gasteiger partial charge on any atom is 0.416 e. The van der Waals surface area contributed by atoms with E-state index in [-0.39, 0.29) is 29.8 Å². The van der Waals surface area contributed by atoms with Crippen LogP contribution in [0.1, 0.15) is 38.2 Å². The van der Waals surface area contributed by atoms with Crippen LogP contribution >= 0.6 is 0 Å². The summed E-state index contributed by atoms with van der Waals surface area (Å²) in [6.07, 6.45) is -1.03. The van der Waals surface area contributed by atoms with Gasteiger partial charge in [-0.3, -0.25) is 9.69 Å². The summed E-state index contributed by atoms with van der Waals surface area (Å²) in [5.74, 6) is 0.311. The number of aromatic nitrogens is 5. The second-order valence-electron chi connectivity index (χ2n) is 9.27. The molecule has 192 valence electrons. The van der Waals surface area contributed by atoms with Gasteiger partial charge >= 0.3 is 6.18 Å². The molecule has 2 aliphatic heterocycles. The molecule has 1 spiro atoms. The van der Waals surface area contributed by atoms with Crippen molar-refractivity contribution in [3.63, 3.8) is 0 Å². The zero-order valence-electron chi connectivity index (χ0n) is 19.4. The number of halogens is 5. The first-order valence-corrected chi connectivity index (χ1v) is 11.7. The third kappa shape index (κ3) is 4.24. The highest BCUT2D eigenvalue weighted by molar-refractivity contribution is 5.96. The number of alkyl halides is 5. The molecule has 2 aliphatic rings. The zero-order chi connectivity index (χ0) is 25.7. The highest BCUT2D eigenvalue weighted by atomic mass is 19.4. The van der Waals surface area contributed by atoms with Crippen molar-refractivity contribution in [1.82, 2.24) is 24.7 Å². The number of rotatable bonds is 5. The molecule has 13 heteroatoms. The minimum Gasteiger partial charge on any atom is -0.355 e. The molecule has 8 nitrogen and oxygen atoms in total. The maximum atomic E-state index is 13.3. The summed E-state index contributed by atoms with van der Waals surface area (Å²) in [6, 6.07) is 1.54. The zero-order valence-corrected chi connectivity index (χ0v) is 19.4. The largest absolute Gasteiger partial charge is 0.416 e. The fraction of sp³-hybridized carbons (Fsp3) is 0.522. The van der Waals surface area contributed by atoms with E-state index in [1.165, 1.54) is 11.1 Å². The fourth-order valence-electron chi connectivity index (χ4n) is 5.53. The molecule has 0 bridgehead atoms. The molecule has 0 radical (unpaired) electrons. The first-order valence-electron chi connectivity index (χ1n) is 11.7. The van der Waals surface area contributed by atoms with E-state index >= 15 is 0 Å². The van der Waals surface area contributed by atoms with Crippen molar-refractivity contribution < 1.29 is 26.7 Å². The van der Waals surface area contributed by atoms with E-state index < -0.39 is 30.1 Å². The average Bonchev–Trinajstić information content (AvgIpc) is 3.35. The first kappa shape index (κ1) is 24.3. The Morgan fingerprint density at radius 3 is 2.56 bits per heavy atom. The van der Waals surface area contributed by atoms with Gasteiger partial charge in [-0.1, -0.05) is 6.92 Å². The number of amides is 1. The predicted octanol–water partition coefficient (Wildman–Crippen LogP) is 4.31. The Morgan fingerprint density at radius 2 is 1.89 bits per heavy atom. The summed E-state index contributed by atoms with van der Waals surface area (Å²) >= 11 is 0. The molecule has 1 amide bonds. The van der Waals surface area contributed by atoms with Crippen molar-refractivity contribution in [3.05, 3.63) is 36.3 Å². The molecule has 5 heterocycles. The quantitative estimate of drug-likeness (QED) is 0.477. The van der Waals surface area contributed by atoms with Crippen LogP contribution in [0.25, 0.3) is 11.2 Å². The lowest BCUT2D eigenvalue weighted by atomic mass is 9.71. The van der Waals surface area contributed by atoms with Crippen LogP contribution in [0.3, 0.4) is 0 Å². The molecule has 0 saturated carbocycles. The van der Waals surface area contributed by atoms with E-state index in [1.54, 1.807) is 6.20 Å². The normalized spacial score (nSPS) is 20.3. The molecule has 0 aromatic carbocycles. The molecule has 2 saturated heterocycles. The van der Waals surface area contributed by atoms with Crippen LogP contribution in [-0.4, -0.2) is 56.2 Å². The van der Waals surface area contributed by atoms with Crippen LogP contribution in [0, 0.1) is 5.41 Å². The van der Waals surface area contributed by atoms with E-state index in [0.717, 1.165) is 23.0 Å². The lowest BCUT2D eigenvalue weighted by Gasteiger charge is -2.43. The SMILES string of the molecule is CCC1N(c2cc(C(F)(F)F)ccn2)C(=O)CC12CCN(c1cnc3cnn(CC(F)F)c3n1)CC2. The van der Waals surface area contributed by atoms with E-state index in [9.17, 15) is 26.7 Å². The Bertz CT molecular complexity index is 1270. The van der Waals surface area contributed by atoms with Crippen molar-refractivity contribution in [1.29, 1.82) is 0 Å². The van der Waals surface area contributed by atoms with Gasteiger partial charge in [0, 0.05) is 37.2 Å². The van der Waals surface area contributed by atoms with Gasteiger partial charge in [-0.15, -0.1) is 0 Å². The van der Waals surface area contributed by atoms with Crippen LogP contribution < -0.4 is 9.80 Å². The van der Waals surface area contributed by atoms with Crippen LogP contribution in [0.15, 0.2) is 30.7 Å². The van der Waals surface area contributed by atoms with E-state index in [4.69, 9.17) is 0 Å². The van der Waals surface area contributed by atoms with Gasteiger partial charge < -0.3 is 4.90 Å². The molecule has 1 atom stereocenters. The Kier molecular flexibility index (Phi) is 6.03. The molecule has 0 aliphatic carbocycles. The van der Waals surface area contributed by atoms with Gasteiger partial charge in [0.05, 0.1) is 18.0 Å². The summed E-state index contributed by atoms with van der Waals surface area (Å²) < 4.78 is 66.7. The van der Waals surface area contributed by atoms with Gasteiger partial charge in [-0.2, -0.15) is 18.3 Å². The Hall–Kier alpha value is -3.38. The van der Waals surface area contributed by atoms with Crippen LogP contribution in [0.5, 0.6) is 0 Å².